The molecule has 2 amide bonds. The maximum absolute atomic E-state index is 12.3. The Balaban J connectivity index is 1.94. The smallest absolute Gasteiger partial charge is 0.271 e. The van der Waals surface area contributed by atoms with Gasteiger partial charge in [-0.3, -0.25) is 20.4 Å². The van der Waals surface area contributed by atoms with Gasteiger partial charge in [-0.1, -0.05) is 13.8 Å². The van der Waals surface area contributed by atoms with Crippen molar-refractivity contribution in [3.8, 4) is 17.4 Å². The van der Waals surface area contributed by atoms with Crippen LogP contribution in [0.3, 0.4) is 0 Å². The van der Waals surface area contributed by atoms with Crippen molar-refractivity contribution in [1.82, 2.24) is 15.8 Å². The third-order valence-corrected chi connectivity index (χ3v) is 3.96. The Kier molecular flexibility index (Phi) is 8.27. The number of hydrogen-bond donors (Lipinski definition) is 2. The number of pyridine rings is 1. The molecule has 0 fully saturated rings. The summed E-state index contributed by atoms with van der Waals surface area (Å²) < 4.78 is 16.2. The zero-order chi connectivity index (χ0) is 21.2. The van der Waals surface area contributed by atoms with E-state index in [9.17, 15) is 9.59 Å². The third-order valence-electron chi connectivity index (χ3n) is 3.96. The molecule has 1 aromatic carbocycles. The molecule has 0 unspecified atom stereocenters. The van der Waals surface area contributed by atoms with Gasteiger partial charge in [-0.25, -0.2) is 4.98 Å². The number of nitrogens with zero attached hydrogens (tertiary/aromatic N) is 1. The van der Waals surface area contributed by atoms with E-state index in [4.69, 9.17) is 14.2 Å². The average molecular weight is 401 g/mol. The van der Waals surface area contributed by atoms with Gasteiger partial charge in [-0.05, 0) is 43.5 Å². The van der Waals surface area contributed by atoms with Crippen LogP contribution in [0, 0.1) is 5.92 Å². The van der Waals surface area contributed by atoms with Crippen molar-refractivity contribution in [2.24, 2.45) is 5.92 Å². The summed E-state index contributed by atoms with van der Waals surface area (Å²) >= 11 is 0. The minimum atomic E-state index is -0.491. The van der Waals surface area contributed by atoms with Crippen LogP contribution in [0.15, 0.2) is 36.5 Å². The highest BCUT2D eigenvalue weighted by Crippen LogP contribution is 2.28. The molecule has 0 radical (unpaired) electrons. The summed E-state index contributed by atoms with van der Waals surface area (Å²) in [4.78, 5) is 28.5. The molecule has 0 bridgehead atoms. The fourth-order valence-electron chi connectivity index (χ4n) is 2.34. The molecule has 2 N–H and O–H groups in total. The molecule has 0 saturated heterocycles. The van der Waals surface area contributed by atoms with Gasteiger partial charge in [0.1, 0.15) is 0 Å². The normalized spacial score (nSPS) is 10.4. The molecular weight excluding hydrogens is 374 g/mol. The Morgan fingerprint density at radius 2 is 1.69 bits per heavy atom. The first-order valence-electron chi connectivity index (χ1n) is 9.45. The van der Waals surface area contributed by atoms with E-state index < -0.39 is 11.8 Å². The van der Waals surface area contributed by atoms with E-state index >= 15 is 0 Å². The van der Waals surface area contributed by atoms with Crippen molar-refractivity contribution in [2.75, 3.05) is 20.3 Å². The number of rotatable bonds is 9. The van der Waals surface area contributed by atoms with Crippen molar-refractivity contribution >= 4 is 11.8 Å². The largest absolute Gasteiger partial charge is 0.493 e. The highest BCUT2D eigenvalue weighted by molar-refractivity contribution is 5.99. The van der Waals surface area contributed by atoms with Crippen molar-refractivity contribution < 1.29 is 23.8 Å². The zero-order valence-electron chi connectivity index (χ0n) is 17.2. The van der Waals surface area contributed by atoms with Crippen LogP contribution < -0.4 is 25.1 Å². The molecule has 2 aromatic rings. The molecular formula is C21H27N3O5. The Hall–Kier alpha value is -3.29. The molecule has 0 aliphatic rings. The highest BCUT2D eigenvalue weighted by atomic mass is 16.5. The van der Waals surface area contributed by atoms with Gasteiger partial charge in [0.15, 0.2) is 11.5 Å². The second kappa shape index (κ2) is 10.9. The first kappa shape index (κ1) is 22.0. The van der Waals surface area contributed by atoms with E-state index in [0.717, 1.165) is 6.42 Å². The predicted molar refractivity (Wildman–Crippen MR) is 108 cm³/mol. The molecule has 8 heteroatoms. The lowest BCUT2D eigenvalue weighted by Gasteiger charge is -2.13. The van der Waals surface area contributed by atoms with Gasteiger partial charge in [0.25, 0.3) is 11.8 Å². The number of hydrazine groups is 1. The molecule has 156 valence electrons. The monoisotopic (exact) mass is 401 g/mol. The van der Waals surface area contributed by atoms with Gasteiger partial charge in [0.05, 0.1) is 25.9 Å². The SMILES string of the molecule is CCOc1ccc(C(=O)NNC(=O)c2ccc(OCCC(C)C)c(OC)c2)cn1. The summed E-state index contributed by atoms with van der Waals surface area (Å²) in [5.41, 5.74) is 5.34. The lowest BCUT2D eigenvalue weighted by molar-refractivity contribution is 0.0846. The highest BCUT2D eigenvalue weighted by Gasteiger charge is 2.13. The number of benzene rings is 1. The van der Waals surface area contributed by atoms with E-state index in [2.05, 4.69) is 29.7 Å². The number of carbonyl (C=O) groups excluding carboxylic acids is 2. The zero-order valence-corrected chi connectivity index (χ0v) is 17.2. The van der Waals surface area contributed by atoms with Gasteiger partial charge in [-0.2, -0.15) is 0 Å². The molecule has 0 spiro atoms. The lowest BCUT2D eigenvalue weighted by atomic mass is 10.1. The second-order valence-electron chi connectivity index (χ2n) is 6.62. The molecule has 2 rings (SSSR count). The number of methoxy groups -OCH3 is 1. The first-order chi connectivity index (χ1) is 13.9. The Morgan fingerprint density at radius 3 is 2.28 bits per heavy atom. The van der Waals surface area contributed by atoms with E-state index in [1.54, 1.807) is 30.3 Å². The minimum Gasteiger partial charge on any atom is -0.493 e. The van der Waals surface area contributed by atoms with E-state index in [1.165, 1.54) is 13.3 Å². The number of ether oxygens (including phenoxy) is 3. The van der Waals surface area contributed by atoms with Crippen molar-refractivity contribution in [1.29, 1.82) is 0 Å². The average Bonchev–Trinajstić information content (AvgIpc) is 2.72. The van der Waals surface area contributed by atoms with Crippen molar-refractivity contribution in [3.05, 3.63) is 47.7 Å². The van der Waals surface area contributed by atoms with Gasteiger partial charge in [-0.15, -0.1) is 0 Å². The Morgan fingerprint density at radius 1 is 1.00 bits per heavy atom. The third kappa shape index (κ3) is 6.67. The fourth-order valence-corrected chi connectivity index (χ4v) is 2.34. The molecule has 0 saturated carbocycles. The van der Waals surface area contributed by atoms with Crippen LogP contribution in [0.1, 0.15) is 47.9 Å². The fraction of sp³-hybridized carbons (Fsp3) is 0.381. The summed E-state index contributed by atoms with van der Waals surface area (Å²) in [5.74, 6) is 0.993. The number of aromatic nitrogens is 1. The summed E-state index contributed by atoms with van der Waals surface area (Å²) in [6.45, 7) is 7.12. The lowest BCUT2D eigenvalue weighted by Crippen LogP contribution is -2.41. The molecule has 1 heterocycles. The number of carbonyl (C=O) groups is 2. The topological polar surface area (TPSA) is 98.8 Å². The van der Waals surface area contributed by atoms with Gasteiger partial charge in [0, 0.05) is 17.8 Å². The molecule has 0 aliphatic heterocycles. The van der Waals surface area contributed by atoms with E-state index in [0.29, 0.717) is 47.6 Å². The molecule has 0 aliphatic carbocycles. The van der Waals surface area contributed by atoms with Crippen molar-refractivity contribution in [3.63, 3.8) is 0 Å². The van der Waals surface area contributed by atoms with Crippen LogP contribution in [-0.2, 0) is 0 Å². The second-order valence-corrected chi connectivity index (χ2v) is 6.62. The maximum atomic E-state index is 12.3. The van der Waals surface area contributed by atoms with Crippen LogP contribution in [-0.4, -0.2) is 37.1 Å². The van der Waals surface area contributed by atoms with Crippen molar-refractivity contribution in [2.45, 2.75) is 27.2 Å². The summed E-state index contributed by atoms with van der Waals surface area (Å²) in [6, 6.07) is 7.99. The Labute approximate surface area is 170 Å². The summed E-state index contributed by atoms with van der Waals surface area (Å²) in [5, 5.41) is 0. The summed E-state index contributed by atoms with van der Waals surface area (Å²) in [6.07, 6.45) is 2.29. The number of hydrogen-bond acceptors (Lipinski definition) is 6. The van der Waals surface area contributed by atoms with Crippen LogP contribution in [0.4, 0.5) is 0 Å². The predicted octanol–water partition coefficient (Wildman–Crippen LogP) is 2.99. The van der Waals surface area contributed by atoms with Crippen LogP contribution in [0.2, 0.25) is 0 Å². The maximum Gasteiger partial charge on any atom is 0.271 e. The van der Waals surface area contributed by atoms with Gasteiger partial charge < -0.3 is 14.2 Å². The number of amides is 2. The molecule has 29 heavy (non-hydrogen) atoms. The quantitative estimate of drug-likeness (QED) is 0.627. The van der Waals surface area contributed by atoms with Crippen LogP contribution in [0.25, 0.3) is 0 Å². The summed E-state index contributed by atoms with van der Waals surface area (Å²) in [7, 11) is 1.51. The van der Waals surface area contributed by atoms with Gasteiger partial charge >= 0.3 is 0 Å². The number of nitrogens with one attached hydrogen (secondary N) is 2. The van der Waals surface area contributed by atoms with Crippen LogP contribution >= 0.6 is 0 Å². The van der Waals surface area contributed by atoms with E-state index in [-0.39, 0.29) is 0 Å². The van der Waals surface area contributed by atoms with E-state index in [1.807, 2.05) is 6.92 Å². The standard InChI is InChI=1S/C21H27N3O5/c1-5-28-19-9-7-16(13-22-19)21(26)24-23-20(25)15-6-8-17(18(12-15)27-4)29-11-10-14(2)3/h6-9,12-14H,5,10-11H2,1-4H3,(H,23,25)(H,24,26). The molecule has 0 atom stereocenters. The minimum absolute atomic E-state index is 0.292. The molecule has 1 aromatic heterocycles. The van der Waals surface area contributed by atoms with Crippen LogP contribution in [0.5, 0.6) is 17.4 Å². The Bertz CT molecular complexity index is 822. The molecule has 8 nitrogen and oxygen atoms in total. The van der Waals surface area contributed by atoms with Gasteiger partial charge in [0.2, 0.25) is 5.88 Å². The first-order valence-corrected chi connectivity index (χ1v) is 9.45.